The average molecular weight is 322 g/mol. The van der Waals surface area contributed by atoms with Crippen LogP contribution in [0.1, 0.15) is 27.7 Å². The molecule has 2 aromatic carbocycles. The molecule has 3 aromatic rings. The van der Waals surface area contributed by atoms with E-state index in [4.69, 9.17) is 4.74 Å². The van der Waals surface area contributed by atoms with Gasteiger partial charge in [0, 0.05) is 10.9 Å². The van der Waals surface area contributed by atoms with Gasteiger partial charge in [0.1, 0.15) is 5.60 Å². The number of rotatable bonds is 4. The molecule has 3 rings (SSSR count). The van der Waals surface area contributed by atoms with E-state index >= 15 is 0 Å². The highest BCUT2D eigenvalue weighted by molar-refractivity contribution is 5.92. The lowest BCUT2D eigenvalue weighted by Gasteiger charge is -2.36. The first-order valence-corrected chi connectivity index (χ1v) is 8.01. The number of benzene rings is 2. The highest BCUT2D eigenvalue weighted by Gasteiger charge is 2.38. The molecule has 1 heterocycles. The fraction of sp³-hybridized carbons (Fsp3) is 0.300. The second-order valence-electron chi connectivity index (χ2n) is 6.91. The molecule has 0 aliphatic heterocycles. The van der Waals surface area contributed by atoms with E-state index in [-0.39, 0.29) is 6.01 Å². The molecule has 4 nitrogen and oxygen atoms in total. The van der Waals surface area contributed by atoms with Crippen molar-refractivity contribution in [2.45, 2.75) is 38.9 Å². The van der Waals surface area contributed by atoms with E-state index in [1.54, 1.807) is 13.8 Å². The van der Waals surface area contributed by atoms with Gasteiger partial charge in [0.2, 0.25) is 0 Å². The molecule has 0 saturated heterocycles. The third-order valence-electron chi connectivity index (χ3n) is 4.45. The highest BCUT2D eigenvalue weighted by Crippen LogP contribution is 2.31. The number of nitrogens with zero attached hydrogens (tertiary/aromatic N) is 2. The van der Waals surface area contributed by atoms with Gasteiger partial charge < -0.3 is 9.84 Å². The Hall–Kier alpha value is -2.46. The molecule has 1 N–H and O–H groups in total. The van der Waals surface area contributed by atoms with E-state index in [1.807, 2.05) is 68.4 Å². The number of hydrogen-bond donors (Lipinski definition) is 1. The summed E-state index contributed by atoms with van der Waals surface area (Å²) in [5, 5.41) is 11.3. The molecule has 0 spiro atoms. The van der Waals surface area contributed by atoms with E-state index in [9.17, 15) is 5.11 Å². The lowest BCUT2D eigenvalue weighted by Crippen LogP contribution is -2.50. The molecule has 0 amide bonds. The van der Waals surface area contributed by atoms with Gasteiger partial charge in [-0.15, -0.1) is 0 Å². The van der Waals surface area contributed by atoms with E-state index in [1.165, 1.54) is 0 Å². The molecular weight excluding hydrogens is 300 g/mol. The molecule has 0 radical (unpaired) electrons. The molecule has 0 aliphatic rings. The van der Waals surface area contributed by atoms with E-state index in [0.29, 0.717) is 0 Å². The van der Waals surface area contributed by atoms with Crippen molar-refractivity contribution in [3.05, 3.63) is 54.6 Å². The minimum absolute atomic E-state index is 0.264. The number of para-hydroxylation sites is 1. The molecule has 4 heteroatoms. The summed E-state index contributed by atoms with van der Waals surface area (Å²) in [4.78, 5) is 9.14. The van der Waals surface area contributed by atoms with Crippen molar-refractivity contribution in [3.63, 3.8) is 0 Å². The zero-order valence-corrected chi connectivity index (χ0v) is 14.4. The third kappa shape index (κ3) is 3.10. The smallest absolute Gasteiger partial charge is 0.318 e. The second kappa shape index (κ2) is 5.87. The van der Waals surface area contributed by atoms with Crippen LogP contribution in [0, 0.1) is 0 Å². The van der Waals surface area contributed by atoms with Crippen LogP contribution in [0.5, 0.6) is 6.01 Å². The average Bonchev–Trinajstić information content (AvgIpc) is 2.53. The van der Waals surface area contributed by atoms with Crippen LogP contribution in [0.2, 0.25) is 0 Å². The topological polar surface area (TPSA) is 55.2 Å². The first-order valence-electron chi connectivity index (χ1n) is 8.01. The summed E-state index contributed by atoms with van der Waals surface area (Å²) in [5.74, 6) is 0. The number of aliphatic hydroxyl groups is 1. The molecule has 24 heavy (non-hydrogen) atoms. The number of fused-ring (bicyclic) bond motifs is 1. The Morgan fingerprint density at radius 2 is 1.46 bits per heavy atom. The maximum absolute atomic E-state index is 10.3. The summed E-state index contributed by atoms with van der Waals surface area (Å²) in [5.41, 5.74) is 0.774. The number of aromatic nitrogens is 2. The van der Waals surface area contributed by atoms with Gasteiger partial charge in [-0.1, -0.05) is 48.5 Å². The molecule has 0 saturated carbocycles. The van der Waals surface area contributed by atoms with Crippen molar-refractivity contribution >= 4 is 10.9 Å². The van der Waals surface area contributed by atoms with E-state index in [0.717, 1.165) is 22.2 Å². The van der Waals surface area contributed by atoms with Gasteiger partial charge in [-0.05, 0) is 33.8 Å². The first kappa shape index (κ1) is 16.4. The molecule has 1 aromatic heterocycles. The third-order valence-corrected chi connectivity index (χ3v) is 4.45. The zero-order chi connectivity index (χ0) is 17.4. The van der Waals surface area contributed by atoms with Gasteiger partial charge in [0.05, 0.1) is 16.8 Å². The minimum atomic E-state index is -1.03. The van der Waals surface area contributed by atoms with Crippen LogP contribution in [0.25, 0.3) is 22.2 Å². The summed E-state index contributed by atoms with van der Waals surface area (Å²) < 4.78 is 5.96. The van der Waals surface area contributed by atoms with Crippen molar-refractivity contribution in [2.24, 2.45) is 0 Å². The summed E-state index contributed by atoms with van der Waals surface area (Å²) >= 11 is 0. The molecule has 124 valence electrons. The van der Waals surface area contributed by atoms with Gasteiger partial charge in [0.25, 0.3) is 0 Å². The van der Waals surface area contributed by atoms with Gasteiger partial charge in [-0.3, -0.25) is 0 Å². The number of ether oxygens (including phenoxy) is 1. The normalized spacial score (nSPS) is 12.4. The Morgan fingerprint density at radius 1 is 0.833 bits per heavy atom. The van der Waals surface area contributed by atoms with Crippen molar-refractivity contribution < 1.29 is 9.84 Å². The molecule has 0 fully saturated rings. The number of hydrogen-bond acceptors (Lipinski definition) is 4. The maximum Gasteiger partial charge on any atom is 0.318 e. The summed E-state index contributed by atoms with van der Waals surface area (Å²) in [7, 11) is 0. The van der Waals surface area contributed by atoms with Crippen LogP contribution in [-0.2, 0) is 0 Å². The van der Waals surface area contributed by atoms with Crippen molar-refractivity contribution in [1.29, 1.82) is 0 Å². The van der Waals surface area contributed by atoms with Gasteiger partial charge >= 0.3 is 6.01 Å². The minimum Gasteiger partial charge on any atom is -0.454 e. The van der Waals surface area contributed by atoms with Crippen LogP contribution in [-0.4, -0.2) is 26.3 Å². The Kier molecular flexibility index (Phi) is 4.01. The van der Waals surface area contributed by atoms with Crippen LogP contribution < -0.4 is 4.74 Å². The van der Waals surface area contributed by atoms with Gasteiger partial charge in [0.15, 0.2) is 0 Å². The molecule has 0 atom stereocenters. The van der Waals surface area contributed by atoms with Crippen LogP contribution in [0.3, 0.4) is 0 Å². The van der Waals surface area contributed by atoms with Gasteiger partial charge in [-0.25, -0.2) is 0 Å². The Morgan fingerprint density at radius 3 is 2.12 bits per heavy atom. The Bertz CT molecular complexity index is 852. The standard InChI is InChI=1S/C20H22N2O2/c1-19(2,23)20(3,4)24-18-21-16-13-9-8-12-15(16)17(22-18)14-10-6-5-7-11-14/h5-13,23H,1-4H3. The quantitative estimate of drug-likeness (QED) is 0.781. The second-order valence-corrected chi connectivity index (χ2v) is 6.91. The lowest BCUT2D eigenvalue weighted by atomic mass is 9.89. The Balaban J connectivity index is 2.15. The summed E-state index contributed by atoms with van der Waals surface area (Å²) in [6, 6.07) is 18.1. The van der Waals surface area contributed by atoms with E-state index < -0.39 is 11.2 Å². The molecular formula is C20H22N2O2. The van der Waals surface area contributed by atoms with Crippen molar-refractivity contribution in [2.75, 3.05) is 0 Å². The highest BCUT2D eigenvalue weighted by atomic mass is 16.5. The van der Waals surface area contributed by atoms with Gasteiger partial charge in [-0.2, -0.15) is 9.97 Å². The van der Waals surface area contributed by atoms with E-state index in [2.05, 4.69) is 9.97 Å². The molecule has 0 unspecified atom stereocenters. The lowest BCUT2D eigenvalue weighted by molar-refractivity contribution is -0.0944. The van der Waals surface area contributed by atoms with Crippen molar-refractivity contribution in [3.8, 4) is 17.3 Å². The predicted octanol–water partition coefficient (Wildman–Crippen LogP) is 4.23. The largest absolute Gasteiger partial charge is 0.454 e. The fourth-order valence-electron chi connectivity index (χ4n) is 2.27. The first-order chi connectivity index (χ1) is 11.3. The summed E-state index contributed by atoms with van der Waals surface area (Å²) in [6.45, 7) is 7.08. The summed E-state index contributed by atoms with van der Waals surface area (Å²) in [6.07, 6.45) is 0. The maximum atomic E-state index is 10.3. The SMILES string of the molecule is CC(C)(O)C(C)(C)Oc1nc(-c2ccccc2)c2ccccc2n1. The monoisotopic (exact) mass is 322 g/mol. The Labute approximate surface area is 142 Å². The predicted molar refractivity (Wildman–Crippen MR) is 96.0 cm³/mol. The fourth-order valence-corrected chi connectivity index (χ4v) is 2.27. The van der Waals surface area contributed by atoms with Crippen LogP contribution in [0.15, 0.2) is 54.6 Å². The molecule has 0 bridgehead atoms. The zero-order valence-electron chi connectivity index (χ0n) is 14.4. The van der Waals surface area contributed by atoms with Crippen molar-refractivity contribution in [1.82, 2.24) is 9.97 Å². The van der Waals surface area contributed by atoms with Crippen LogP contribution >= 0.6 is 0 Å². The molecule has 0 aliphatic carbocycles. The van der Waals surface area contributed by atoms with Crippen LogP contribution in [0.4, 0.5) is 0 Å².